The maximum absolute atomic E-state index is 5.77. The van der Waals surface area contributed by atoms with Gasteiger partial charge in [-0.05, 0) is 18.0 Å². The molecule has 0 fully saturated rings. The van der Waals surface area contributed by atoms with E-state index in [4.69, 9.17) is 16.3 Å². The van der Waals surface area contributed by atoms with E-state index in [0.717, 1.165) is 13.0 Å². The first-order valence-corrected chi connectivity index (χ1v) is 5.72. The van der Waals surface area contributed by atoms with Crippen LogP contribution >= 0.6 is 11.6 Å². The van der Waals surface area contributed by atoms with Gasteiger partial charge in [0.05, 0.1) is 7.11 Å². The van der Waals surface area contributed by atoms with E-state index in [1.807, 2.05) is 11.9 Å². The van der Waals surface area contributed by atoms with E-state index in [2.05, 4.69) is 21.9 Å². The van der Waals surface area contributed by atoms with Gasteiger partial charge >= 0.3 is 6.01 Å². The lowest BCUT2D eigenvalue weighted by atomic mass is 10.2. The minimum Gasteiger partial charge on any atom is -0.467 e. The number of rotatable bonds is 6. The van der Waals surface area contributed by atoms with Gasteiger partial charge in [0.25, 0.3) is 0 Å². The lowest BCUT2D eigenvalue weighted by molar-refractivity contribution is 0.378. The third-order valence-corrected chi connectivity index (χ3v) is 2.37. The molecule has 0 aliphatic rings. The molecule has 6 heteroatoms. The highest BCUT2D eigenvalue weighted by atomic mass is 35.5. The van der Waals surface area contributed by atoms with Gasteiger partial charge in [-0.1, -0.05) is 19.8 Å². The minimum absolute atomic E-state index is 0.157. The Hall–Kier alpha value is -1.10. The van der Waals surface area contributed by atoms with Gasteiger partial charge in [0.2, 0.25) is 11.2 Å². The summed E-state index contributed by atoms with van der Waals surface area (Å²) in [6.07, 6.45) is 3.49. The van der Waals surface area contributed by atoms with Crippen molar-refractivity contribution in [3.05, 3.63) is 5.28 Å². The number of unbranched alkanes of at least 4 members (excludes halogenated alkanes) is 2. The van der Waals surface area contributed by atoms with Crippen LogP contribution < -0.4 is 9.64 Å². The molecule has 0 aliphatic carbocycles. The summed E-state index contributed by atoms with van der Waals surface area (Å²) >= 11 is 5.77. The first-order chi connectivity index (χ1) is 7.67. The van der Waals surface area contributed by atoms with Crippen molar-refractivity contribution in [2.75, 3.05) is 25.6 Å². The smallest absolute Gasteiger partial charge is 0.322 e. The molecule has 0 aromatic carbocycles. The molecule has 1 aromatic rings. The number of methoxy groups -OCH3 is 1. The Morgan fingerprint density at radius 1 is 1.25 bits per heavy atom. The molecule has 90 valence electrons. The van der Waals surface area contributed by atoms with Crippen molar-refractivity contribution in [1.82, 2.24) is 15.0 Å². The fourth-order valence-corrected chi connectivity index (χ4v) is 1.43. The summed E-state index contributed by atoms with van der Waals surface area (Å²) in [5.74, 6) is 0.549. The van der Waals surface area contributed by atoms with Crippen molar-refractivity contribution in [3.63, 3.8) is 0 Å². The zero-order valence-corrected chi connectivity index (χ0v) is 10.7. The van der Waals surface area contributed by atoms with E-state index in [-0.39, 0.29) is 11.3 Å². The summed E-state index contributed by atoms with van der Waals surface area (Å²) in [4.78, 5) is 14.0. The molecule has 0 unspecified atom stereocenters. The predicted molar refractivity (Wildman–Crippen MR) is 64.2 cm³/mol. The molecular formula is C10H17ClN4O. The van der Waals surface area contributed by atoms with E-state index >= 15 is 0 Å². The molecule has 1 aromatic heterocycles. The number of ether oxygens (including phenoxy) is 1. The quantitative estimate of drug-likeness (QED) is 0.718. The summed E-state index contributed by atoms with van der Waals surface area (Å²) in [7, 11) is 3.44. The summed E-state index contributed by atoms with van der Waals surface area (Å²) in [6, 6.07) is 0.248. The molecule has 0 saturated carbocycles. The van der Waals surface area contributed by atoms with Crippen LogP contribution in [0, 0.1) is 0 Å². The second-order valence-electron chi connectivity index (χ2n) is 3.52. The van der Waals surface area contributed by atoms with E-state index < -0.39 is 0 Å². The average Bonchev–Trinajstić information content (AvgIpc) is 2.28. The average molecular weight is 245 g/mol. The van der Waals surface area contributed by atoms with E-state index in [1.54, 1.807) is 0 Å². The lowest BCUT2D eigenvalue weighted by Gasteiger charge is -2.16. The molecular weight excluding hydrogens is 228 g/mol. The van der Waals surface area contributed by atoms with Gasteiger partial charge in [-0.2, -0.15) is 15.0 Å². The van der Waals surface area contributed by atoms with Crippen LogP contribution in [0.4, 0.5) is 5.95 Å². The topological polar surface area (TPSA) is 51.1 Å². The van der Waals surface area contributed by atoms with Gasteiger partial charge in [0.1, 0.15) is 0 Å². The predicted octanol–water partition coefficient (Wildman–Crippen LogP) is 2.16. The van der Waals surface area contributed by atoms with Gasteiger partial charge < -0.3 is 9.64 Å². The number of nitrogens with zero attached hydrogens (tertiary/aromatic N) is 4. The Labute approximate surface area is 101 Å². The number of anilines is 1. The molecule has 0 aliphatic heterocycles. The number of halogens is 1. The Kier molecular flexibility index (Phi) is 5.25. The van der Waals surface area contributed by atoms with E-state index in [1.165, 1.54) is 20.0 Å². The van der Waals surface area contributed by atoms with Crippen molar-refractivity contribution >= 4 is 17.5 Å². The molecule has 16 heavy (non-hydrogen) atoms. The second kappa shape index (κ2) is 6.48. The van der Waals surface area contributed by atoms with Crippen molar-refractivity contribution in [2.24, 2.45) is 0 Å². The molecule has 0 bridgehead atoms. The van der Waals surface area contributed by atoms with Crippen molar-refractivity contribution in [2.45, 2.75) is 26.2 Å². The molecule has 0 saturated heterocycles. The summed E-state index contributed by atoms with van der Waals surface area (Å²) in [5, 5.41) is 0.157. The molecule has 0 atom stereocenters. The third kappa shape index (κ3) is 3.81. The van der Waals surface area contributed by atoms with Gasteiger partial charge in [-0.15, -0.1) is 0 Å². The van der Waals surface area contributed by atoms with Crippen LogP contribution in [0.3, 0.4) is 0 Å². The van der Waals surface area contributed by atoms with Crippen LogP contribution in [0.2, 0.25) is 5.28 Å². The third-order valence-electron chi connectivity index (χ3n) is 2.20. The van der Waals surface area contributed by atoms with Gasteiger partial charge in [0.15, 0.2) is 0 Å². The number of aromatic nitrogens is 3. The molecule has 5 nitrogen and oxygen atoms in total. The van der Waals surface area contributed by atoms with E-state index in [9.17, 15) is 0 Å². The van der Waals surface area contributed by atoms with Crippen molar-refractivity contribution in [3.8, 4) is 6.01 Å². The summed E-state index contributed by atoms with van der Waals surface area (Å²) in [6.45, 7) is 3.07. The highest BCUT2D eigenvalue weighted by molar-refractivity contribution is 6.28. The maximum Gasteiger partial charge on any atom is 0.322 e. The second-order valence-corrected chi connectivity index (χ2v) is 3.86. The summed E-state index contributed by atoms with van der Waals surface area (Å²) in [5.41, 5.74) is 0. The molecule has 0 spiro atoms. The van der Waals surface area contributed by atoms with Gasteiger partial charge in [0, 0.05) is 13.6 Å². The van der Waals surface area contributed by atoms with E-state index in [0.29, 0.717) is 5.95 Å². The molecule has 1 rings (SSSR count). The van der Waals surface area contributed by atoms with Crippen LogP contribution in [0.5, 0.6) is 6.01 Å². The van der Waals surface area contributed by atoms with Crippen LogP contribution in [0.25, 0.3) is 0 Å². The zero-order valence-electron chi connectivity index (χ0n) is 9.90. The molecule has 0 amide bonds. The largest absolute Gasteiger partial charge is 0.467 e. The van der Waals surface area contributed by atoms with Gasteiger partial charge in [-0.25, -0.2) is 0 Å². The Morgan fingerprint density at radius 3 is 2.62 bits per heavy atom. The molecule has 0 radical (unpaired) electrons. The Bertz CT molecular complexity index is 335. The fraction of sp³-hybridized carbons (Fsp3) is 0.700. The number of hydrogen-bond donors (Lipinski definition) is 0. The van der Waals surface area contributed by atoms with Crippen molar-refractivity contribution in [1.29, 1.82) is 0 Å². The SMILES string of the molecule is CCCCCN(C)c1nc(Cl)nc(OC)n1. The summed E-state index contributed by atoms with van der Waals surface area (Å²) < 4.78 is 4.94. The molecule has 1 heterocycles. The first kappa shape index (κ1) is 13.0. The normalized spacial score (nSPS) is 10.2. The highest BCUT2D eigenvalue weighted by Crippen LogP contribution is 2.14. The lowest BCUT2D eigenvalue weighted by Crippen LogP contribution is -2.21. The van der Waals surface area contributed by atoms with Crippen molar-refractivity contribution < 1.29 is 4.74 Å². The highest BCUT2D eigenvalue weighted by Gasteiger charge is 2.08. The maximum atomic E-state index is 5.77. The Balaban J connectivity index is 2.66. The van der Waals surface area contributed by atoms with Crippen LogP contribution in [-0.2, 0) is 0 Å². The molecule has 0 N–H and O–H groups in total. The monoisotopic (exact) mass is 244 g/mol. The van der Waals surface area contributed by atoms with Gasteiger partial charge in [-0.3, -0.25) is 0 Å². The van der Waals surface area contributed by atoms with Crippen LogP contribution in [0.15, 0.2) is 0 Å². The van der Waals surface area contributed by atoms with Crippen LogP contribution in [0.1, 0.15) is 26.2 Å². The zero-order chi connectivity index (χ0) is 12.0. The van der Waals surface area contributed by atoms with Crippen LogP contribution in [-0.4, -0.2) is 35.7 Å². The Morgan fingerprint density at radius 2 is 2.00 bits per heavy atom. The number of hydrogen-bond acceptors (Lipinski definition) is 5. The first-order valence-electron chi connectivity index (χ1n) is 5.34. The minimum atomic E-state index is 0.157. The standard InChI is InChI=1S/C10H17ClN4O/c1-4-5-6-7-15(2)9-12-8(11)13-10(14-9)16-3/h4-7H2,1-3H3. The fourth-order valence-electron chi connectivity index (χ4n) is 1.28.